The molecule has 0 aromatic heterocycles. The first-order valence-corrected chi connectivity index (χ1v) is 16.0. The van der Waals surface area contributed by atoms with E-state index in [0.29, 0.717) is 30.2 Å². The third-order valence-corrected chi connectivity index (χ3v) is 9.11. The van der Waals surface area contributed by atoms with Crippen LogP contribution in [0.2, 0.25) is 0 Å². The Morgan fingerprint density at radius 1 is 1.18 bits per heavy atom. The Bertz CT molecular complexity index is 1510. The van der Waals surface area contributed by atoms with Gasteiger partial charge in [-0.1, -0.05) is 44.5 Å². The molecule has 0 bridgehead atoms. The quantitative estimate of drug-likeness (QED) is 0.0697. The Hall–Kier alpha value is -4.08. The van der Waals surface area contributed by atoms with Gasteiger partial charge in [-0.05, 0) is 48.7 Å². The minimum Gasteiger partial charge on any atom is -0.474 e. The number of carboxylic acid groups (broad SMARTS) is 1. The highest BCUT2D eigenvalue weighted by atomic mass is 32.2. The molecule has 0 radical (unpaired) electrons. The van der Waals surface area contributed by atoms with E-state index < -0.39 is 45.9 Å². The van der Waals surface area contributed by atoms with Gasteiger partial charge >= 0.3 is 11.9 Å². The molecule has 1 saturated heterocycles. The van der Waals surface area contributed by atoms with Crippen molar-refractivity contribution in [3.05, 3.63) is 42.0 Å². The molecular weight excluding hydrogens is 590 g/mol. The number of carbonyl (C=O) groups is 4. The van der Waals surface area contributed by atoms with Crippen LogP contribution in [0, 0.1) is 0 Å². The number of nitrogens with two attached hydrogens (primary N) is 1. The van der Waals surface area contributed by atoms with Crippen molar-refractivity contribution >= 4 is 50.7 Å². The number of carbonyl (C=O) groups excluding carboxylic acids is 3. The second kappa shape index (κ2) is 15.1. The molecule has 1 heterocycles. The maximum absolute atomic E-state index is 14.0. The third-order valence-electron chi connectivity index (χ3n) is 7.67. The molecule has 6 N–H and O–H groups in total. The summed E-state index contributed by atoms with van der Waals surface area (Å²) in [7, 11) is -2.91. The largest absolute Gasteiger partial charge is 0.474 e. The van der Waals surface area contributed by atoms with Crippen LogP contribution in [0.4, 0.5) is 0 Å². The van der Waals surface area contributed by atoms with Crippen LogP contribution in [0.25, 0.3) is 10.8 Å². The van der Waals surface area contributed by atoms with Crippen LogP contribution in [0.1, 0.15) is 56.3 Å². The van der Waals surface area contributed by atoms with Crippen LogP contribution >= 0.6 is 0 Å². The van der Waals surface area contributed by atoms with Crippen molar-refractivity contribution in [2.75, 3.05) is 33.2 Å². The van der Waals surface area contributed by atoms with E-state index in [9.17, 15) is 32.7 Å². The highest BCUT2D eigenvalue weighted by Gasteiger charge is 2.42. The third kappa shape index (κ3) is 7.89. The lowest BCUT2D eigenvalue weighted by Gasteiger charge is -2.41. The van der Waals surface area contributed by atoms with Crippen LogP contribution in [-0.4, -0.2) is 98.2 Å². The molecule has 2 aromatic carbocycles. The van der Waals surface area contributed by atoms with Crippen LogP contribution in [0.15, 0.2) is 46.4 Å². The second-order valence-corrected chi connectivity index (χ2v) is 12.4. The van der Waals surface area contributed by atoms with Gasteiger partial charge in [0.2, 0.25) is 15.9 Å². The Kier molecular flexibility index (Phi) is 11.8. The van der Waals surface area contributed by atoms with E-state index in [1.54, 1.807) is 38.2 Å². The summed E-state index contributed by atoms with van der Waals surface area (Å²) in [4.78, 5) is 53.3. The molecule has 0 saturated carbocycles. The highest BCUT2D eigenvalue weighted by molar-refractivity contribution is 7.89. The molecule has 1 fully saturated rings. The number of hydrogen-bond donors (Lipinski definition) is 5. The first kappa shape index (κ1) is 34.4. The highest BCUT2D eigenvalue weighted by Crippen LogP contribution is 2.27. The summed E-state index contributed by atoms with van der Waals surface area (Å²) in [5.41, 5.74) is -2.14. The second-order valence-electron chi connectivity index (χ2n) is 10.7. The Morgan fingerprint density at radius 2 is 1.86 bits per heavy atom. The van der Waals surface area contributed by atoms with Crippen LogP contribution in [-0.2, 0) is 24.4 Å². The van der Waals surface area contributed by atoms with Gasteiger partial charge in [0, 0.05) is 32.6 Å². The average molecular weight is 632 g/mol. The van der Waals surface area contributed by atoms with Crippen LogP contribution in [0.5, 0.6) is 0 Å². The molecule has 0 aliphatic carbocycles. The molecule has 1 aliphatic heterocycles. The summed E-state index contributed by atoms with van der Waals surface area (Å²) in [5, 5.41) is 19.5. The van der Waals surface area contributed by atoms with Crippen molar-refractivity contribution in [3.63, 3.8) is 0 Å². The van der Waals surface area contributed by atoms with Gasteiger partial charge < -0.3 is 31.4 Å². The maximum atomic E-state index is 14.0. The van der Waals surface area contributed by atoms with Crippen molar-refractivity contribution in [1.29, 1.82) is 0 Å². The number of carboxylic acids is 1. The summed E-state index contributed by atoms with van der Waals surface area (Å²) in [6, 6.07) is 9.76. The maximum Gasteiger partial charge on any atom is 0.394 e. The summed E-state index contributed by atoms with van der Waals surface area (Å²) in [6.07, 6.45) is 3.60. The van der Waals surface area contributed by atoms with E-state index in [-0.39, 0.29) is 29.5 Å². The van der Waals surface area contributed by atoms with Gasteiger partial charge in [0.25, 0.3) is 5.91 Å². The molecule has 0 unspecified atom stereocenters. The zero-order chi connectivity index (χ0) is 32.5. The molecule has 0 spiro atoms. The molecule has 15 heteroatoms. The van der Waals surface area contributed by atoms with E-state index >= 15 is 0 Å². The predicted octanol–water partition coefficient (Wildman–Crippen LogP) is 0.822. The molecule has 14 nitrogen and oxygen atoms in total. The van der Waals surface area contributed by atoms with Gasteiger partial charge in [-0.3, -0.25) is 14.4 Å². The number of hydrogen-bond acceptors (Lipinski definition) is 9. The summed E-state index contributed by atoms with van der Waals surface area (Å²) in [6.45, 7) is 4.15. The van der Waals surface area contributed by atoms with Crippen molar-refractivity contribution in [2.45, 2.75) is 62.6 Å². The first-order chi connectivity index (χ1) is 20.9. The zero-order valence-electron chi connectivity index (χ0n) is 25.2. The number of benzene rings is 2. The molecule has 3 amide bonds. The average Bonchev–Trinajstić information content (AvgIpc) is 3.02. The number of hydrazone groups is 1. The van der Waals surface area contributed by atoms with Crippen molar-refractivity contribution in [3.8, 4) is 0 Å². The molecule has 2 atom stereocenters. The summed E-state index contributed by atoms with van der Waals surface area (Å²) >= 11 is 0. The number of aliphatic carboxylic acids is 1. The molecule has 240 valence electrons. The number of unbranched alkanes of at least 4 members (excludes halogenated alkanes) is 1. The summed E-state index contributed by atoms with van der Waals surface area (Å²) in [5.74, 6) is 1.09. The number of amides is 3. The number of rotatable bonds is 13. The van der Waals surface area contributed by atoms with Gasteiger partial charge in [0.15, 0.2) is 5.66 Å². The zero-order valence-corrected chi connectivity index (χ0v) is 26.0. The monoisotopic (exact) mass is 631 g/mol. The van der Waals surface area contributed by atoms with E-state index in [1.165, 1.54) is 17.0 Å². The van der Waals surface area contributed by atoms with Gasteiger partial charge in [-0.25, -0.2) is 17.9 Å². The SMILES string of the molecule is CCCCN(C(=O)CC)[C@](C=NN)(CNS(=O)(=O)c1cc2ccccc2cc1C(=O)N(C)[C@H]1CCCNC1)NC(=O)C(=O)O. The molecule has 2 aromatic rings. The topological polar surface area (TPSA) is 204 Å². The fourth-order valence-corrected chi connectivity index (χ4v) is 6.48. The van der Waals surface area contributed by atoms with Crippen molar-refractivity contribution in [2.24, 2.45) is 10.9 Å². The number of nitrogens with one attached hydrogen (secondary N) is 3. The van der Waals surface area contributed by atoms with Gasteiger partial charge in [0.05, 0.1) is 23.2 Å². The lowest BCUT2D eigenvalue weighted by Crippen LogP contribution is -2.69. The standard InChI is InChI=1S/C29H41N7O7S/c1-4-6-14-36(25(37)5-2)29(18-32-30,34-26(38)28(40)41)19-33-44(42,43)24-16-21-11-8-7-10-20(21)15-23(24)27(39)35(3)22-12-9-13-31-17-22/h7-8,10-11,15-16,18,22,31,33H,4-6,9,12-14,17,19,30H2,1-3H3,(H,34,38)(H,40,41)/t22-,29+/m0/s1. The number of likely N-dealkylation sites (N-methyl/N-ethyl adjacent to an activating group) is 1. The lowest BCUT2D eigenvalue weighted by molar-refractivity contribution is -0.153. The fraction of sp³-hybridized carbons (Fsp3) is 0.483. The van der Waals surface area contributed by atoms with Gasteiger partial charge in [-0.2, -0.15) is 5.10 Å². The van der Waals surface area contributed by atoms with E-state index in [2.05, 4.69) is 20.5 Å². The normalized spacial score (nSPS) is 16.8. The Balaban J connectivity index is 2.12. The number of nitrogens with zero attached hydrogens (tertiary/aromatic N) is 3. The predicted molar refractivity (Wildman–Crippen MR) is 165 cm³/mol. The smallest absolute Gasteiger partial charge is 0.394 e. The minimum absolute atomic E-state index is 0.0365. The number of sulfonamides is 1. The fourth-order valence-electron chi connectivity index (χ4n) is 5.19. The Labute approximate surface area is 257 Å². The number of piperidine rings is 1. The molecule has 44 heavy (non-hydrogen) atoms. The van der Waals surface area contributed by atoms with E-state index in [0.717, 1.165) is 30.5 Å². The molecule has 1 aliphatic rings. The van der Waals surface area contributed by atoms with Crippen molar-refractivity contribution in [1.82, 2.24) is 25.2 Å². The Morgan fingerprint density at radius 3 is 2.43 bits per heavy atom. The van der Waals surface area contributed by atoms with Gasteiger partial charge in [0.1, 0.15) is 0 Å². The van der Waals surface area contributed by atoms with E-state index in [4.69, 9.17) is 5.84 Å². The molecule has 3 rings (SSSR count). The summed E-state index contributed by atoms with van der Waals surface area (Å²) < 4.78 is 30.5. The minimum atomic E-state index is -4.54. The molecular formula is C29H41N7O7S. The van der Waals surface area contributed by atoms with Crippen molar-refractivity contribution < 1.29 is 32.7 Å². The van der Waals surface area contributed by atoms with E-state index in [1.807, 2.05) is 6.92 Å². The van der Waals surface area contributed by atoms with Gasteiger partial charge in [-0.15, -0.1) is 0 Å². The van der Waals surface area contributed by atoms with Crippen LogP contribution in [0.3, 0.4) is 0 Å². The lowest BCUT2D eigenvalue weighted by atomic mass is 10.0. The first-order valence-electron chi connectivity index (χ1n) is 14.5. The van der Waals surface area contributed by atoms with Crippen LogP contribution < -0.4 is 21.2 Å². The number of fused-ring (bicyclic) bond motifs is 1.